The maximum absolute atomic E-state index is 13.4. The molecule has 0 aliphatic carbocycles. The highest BCUT2D eigenvalue weighted by molar-refractivity contribution is 5.92. The molecule has 0 bridgehead atoms. The molecular formula is C30H30F3NO4. The second-order valence-corrected chi connectivity index (χ2v) is 9.73. The van der Waals surface area contributed by atoms with Crippen LogP contribution in [0, 0.1) is 0 Å². The van der Waals surface area contributed by atoms with Crippen LogP contribution in [-0.2, 0) is 15.8 Å². The van der Waals surface area contributed by atoms with Crippen molar-refractivity contribution in [2.45, 2.75) is 56.5 Å². The second kappa shape index (κ2) is 11.5. The number of nitrogens with zero attached hydrogens (tertiary/aromatic N) is 1. The molecule has 0 radical (unpaired) electrons. The van der Waals surface area contributed by atoms with Crippen molar-refractivity contribution in [2.24, 2.45) is 0 Å². The van der Waals surface area contributed by atoms with Crippen molar-refractivity contribution < 1.29 is 33.0 Å². The summed E-state index contributed by atoms with van der Waals surface area (Å²) in [5.41, 5.74) is 1.33. The highest BCUT2D eigenvalue weighted by Crippen LogP contribution is 2.37. The fourth-order valence-corrected chi connectivity index (χ4v) is 5.05. The van der Waals surface area contributed by atoms with E-state index in [0.29, 0.717) is 17.7 Å². The van der Waals surface area contributed by atoms with Gasteiger partial charge in [0.1, 0.15) is 6.10 Å². The van der Waals surface area contributed by atoms with E-state index >= 15 is 0 Å². The summed E-state index contributed by atoms with van der Waals surface area (Å²) in [4.78, 5) is 27.3. The number of likely N-dealkylation sites (tertiary alicyclic amines) is 1. The number of amides is 1. The summed E-state index contributed by atoms with van der Waals surface area (Å²) in [6.07, 6.45) is -6.90. The van der Waals surface area contributed by atoms with Gasteiger partial charge in [0.2, 0.25) is 0 Å². The van der Waals surface area contributed by atoms with Crippen LogP contribution in [-0.4, -0.2) is 45.6 Å². The smallest absolute Gasteiger partial charge is 0.382 e. The zero-order valence-corrected chi connectivity index (χ0v) is 20.9. The molecule has 5 nitrogen and oxygen atoms in total. The summed E-state index contributed by atoms with van der Waals surface area (Å²) in [6, 6.07) is 20.9. The van der Waals surface area contributed by atoms with Crippen molar-refractivity contribution in [3.8, 4) is 11.1 Å². The van der Waals surface area contributed by atoms with Gasteiger partial charge in [-0.25, -0.2) is 0 Å². The maximum atomic E-state index is 13.4. The first kappa shape index (κ1) is 27.5. The molecule has 200 valence electrons. The van der Waals surface area contributed by atoms with Crippen molar-refractivity contribution >= 4 is 11.7 Å². The third kappa shape index (κ3) is 5.97. The molecule has 2 N–H and O–H groups in total. The van der Waals surface area contributed by atoms with Gasteiger partial charge in [0.15, 0.2) is 11.9 Å². The number of benzene rings is 3. The van der Waals surface area contributed by atoms with Crippen LogP contribution in [0.4, 0.5) is 13.2 Å². The molecule has 0 spiro atoms. The fourth-order valence-electron chi connectivity index (χ4n) is 5.05. The lowest BCUT2D eigenvalue weighted by atomic mass is 9.90. The number of carbonyl (C=O) groups excluding carboxylic acids is 2. The van der Waals surface area contributed by atoms with Crippen LogP contribution in [0.1, 0.15) is 54.8 Å². The Balaban J connectivity index is 1.40. The lowest BCUT2D eigenvalue weighted by molar-refractivity contribution is -0.153. The first-order chi connectivity index (χ1) is 18.1. The molecular weight excluding hydrogens is 495 g/mol. The number of hydrogen-bond donors (Lipinski definition) is 2. The second-order valence-electron chi connectivity index (χ2n) is 9.73. The van der Waals surface area contributed by atoms with E-state index in [9.17, 15) is 33.0 Å². The molecule has 1 fully saturated rings. The highest BCUT2D eigenvalue weighted by Gasteiger charge is 2.38. The van der Waals surface area contributed by atoms with Crippen molar-refractivity contribution in [2.75, 3.05) is 6.54 Å². The minimum Gasteiger partial charge on any atom is -0.382 e. The molecule has 8 heteroatoms. The van der Waals surface area contributed by atoms with Crippen LogP contribution in [0.15, 0.2) is 78.9 Å². The summed E-state index contributed by atoms with van der Waals surface area (Å²) < 4.78 is 40.1. The Kier molecular flexibility index (Phi) is 8.33. The first-order valence-electron chi connectivity index (χ1n) is 12.6. The third-order valence-electron chi connectivity index (χ3n) is 7.13. The number of hydrogen-bond acceptors (Lipinski definition) is 4. The van der Waals surface area contributed by atoms with Crippen LogP contribution in [0.3, 0.4) is 0 Å². The monoisotopic (exact) mass is 525 g/mol. The number of aliphatic hydroxyl groups excluding tert-OH is 2. The molecule has 3 aromatic rings. The van der Waals surface area contributed by atoms with Gasteiger partial charge in [-0.05, 0) is 47.1 Å². The summed E-state index contributed by atoms with van der Waals surface area (Å²) in [5, 5.41) is 21.1. The maximum Gasteiger partial charge on any atom is 0.417 e. The molecule has 4 rings (SSSR count). The van der Waals surface area contributed by atoms with Crippen molar-refractivity contribution in [3.63, 3.8) is 0 Å². The number of alkyl halides is 3. The number of rotatable bonds is 8. The number of carbonyl (C=O) groups is 2. The number of ketones is 1. The SMILES string of the molecule is C[C@@H](CC(=O)[C@H](O)[C@@H](O)C(=O)N1CCC[C@@H]1c1ccccc1)c1ccc(-c2ccccc2C(F)(F)F)cc1. The average Bonchev–Trinajstić information content (AvgIpc) is 3.42. The van der Waals surface area contributed by atoms with E-state index in [1.165, 1.54) is 23.1 Å². The molecule has 0 saturated carbocycles. The lowest BCUT2D eigenvalue weighted by Gasteiger charge is -2.29. The molecule has 1 aliphatic heterocycles. The standard InChI is InChI=1S/C30H30F3NO4/c1-19(20-13-15-21(16-14-20)23-10-5-6-11-24(23)30(31,32)33)18-26(35)27(36)28(37)29(38)34-17-7-12-25(34)22-8-3-2-4-9-22/h2-6,8-11,13-16,19,25,27-28,36-37H,7,12,17-18H2,1H3/t19-,25+,27-,28+/m0/s1. The normalized spacial score (nSPS) is 18.2. The van der Waals surface area contributed by atoms with Crippen LogP contribution in [0.5, 0.6) is 0 Å². The van der Waals surface area contributed by atoms with Gasteiger partial charge in [-0.15, -0.1) is 0 Å². The number of Topliss-reactive ketones (excluding diaryl/α,β-unsaturated/α-hetero) is 1. The van der Waals surface area contributed by atoms with Crippen molar-refractivity contribution in [3.05, 3.63) is 95.6 Å². The zero-order chi connectivity index (χ0) is 27.4. The van der Waals surface area contributed by atoms with E-state index in [1.54, 1.807) is 31.2 Å². The van der Waals surface area contributed by atoms with E-state index in [0.717, 1.165) is 24.5 Å². The Hall–Kier alpha value is -3.49. The Morgan fingerprint density at radius 1 is 0.921 bits per heavy atom. The van der Waals surface area contributed by atoms with Gasteiger partial charge < -0.3 is 15.1 Å². The summed E-state index contributed by atoms with van der Waals surface area (Å²) in [6.45, 7) is 2.17. The van der Waals surface area contributed by atoms with Crippen LogP contribution in [0.2, 0.25) is 0 Å². The summed E-state index contributed by atoms with van der Waals surface area (Å²) >= 11 is 0. The molecule has 1 aliphatic rings. The van der Waals surface area contributed by atoms with Gasteiger partial charge in [-0.1, -0.05) is 79.7 Å². The van der Waals surface area contributed by atoms with Crippen LogP contribution in [0.25, 0.3) is 11.1 Å². The van der Waals surface area contributed by atoms with Gasteiger partial charge in [0, 0.05) is 13.0 Å². The predicted molar refractivity (Wildman–Crippen MR) is 137 cm³/mol. The van der Waals surface area contributed by atoms with Crippen molar-refractivity contribution in [1.82, 2.24) is 4.90 Å². The minimum absolute atomic E-state index is 0.0584. The average molecular weight is 526 g/mol. The molecule has 1 heterocycles. The van der Waals surface area contributed by atoms with Gasteiger partial charge in [-0.2, -0.15) is 13.2 Å². The quantitative estimate of drug-likeness (QED) is 0.406. The molecule has 0 aromatic heterocycles. The Labute approximate surface area is 219 Å². The Morgan fingerprint density at radius 2 is 1.55 bits per heavy atom. The van der Waals surface area contributed by atoms with Crippen LogP contribution >= 0.6 is 0 Å². The van der Waals surface area contributed by atoms with E-state index in [1.807, 2.05) is 30.3 Å². The molecule has 0 unspecified atom stereocenters. The number of halogens is 3. The highest BCUT2D eigenvalue weighted by atomic mass is 19.4. The Bertz CT molecular complexity index is 1260. The van der Waals surface area contributed by atoms with Gasteiger partial charge in [-0.3, -0.25) is 9.59 Å². The van der Waals surface area contributed by atoms with Crippen molar-refractivity contribution in [1.29, 1.82) is 0 Å². The third-order valence-corrected chi connectivity index (χ3v) is 7.13. The summed E-state index contributed by atoms with van der Waals surface area (Å²) in [5.74, 6) is -1.76. The first-order valence-corrected chi connectivity index (χ1v) is 12.6. The largest absolute Gasteiger partial charge is 0.417 e. The summed E-state index contributed by atoms with van der Waals surface area (Å²) in [7, 11) is 0. The van der Waals surface area contributed by atoms with Gasteiger partial charge in [0.25, 0.3) is 5.91 Å². The lowest BCUT2D eigenvalue weighted by Crippen LogP contribution is -2.47. The Morgan fingerprint density at radius 3 is 2.21 bits per heavy atom. The van der Waals surface area contributed by atoms with Crippen LogP contribution < -0.4 is 0 Å². The predicted octanol–water partition coefficient (Wildman–Crippen LogP) is 5.52. The van der Waals surface area contributed by atoms with Gasteiger partial charge in [0.05, 0.1) is 11.6 Å². The zero-order valence-electron chi connectivity index (χ0n) is 20.9. The molecule has 4 atom stereocenters. The van der Waals surface area contributed by atoms with E-state index in [4.69, 9.17) is 0 Å². The van der Waals surface area contributed by atoms with E-state index < -0.39 is 41.6 Å². The van der Waals surface area contributed by atoms with Gasteiger partial charge >= 0.3 is 6.18 Å². The molecule has 38 heavy (non-hydrogen) atoms. The molecule has 1 amide bonds. The molecule has 3 aromatic carbocycles. The minimum atomic E-state index is -4.49. The topological polar surface area (TPSA) is 77.8 Å². The molecule has 1 saturated heterocycles. The van der Waals surface area contributed by atoms with E-state index in [-0.39, 0.29) is 18.0 Å². The van der Waals surface area contributed by atoms with E-state index in [2.05, 4.69) is 0 Å². The fraction of sp³-hybridized carbons (Fsp3) is 0.333. The number of aliphatic hydroxyl groups is 2.